The van der Waals surface area contributed by atoms with Crippen LogP contribution in [0.5, 0.6) is 0 Å². The van der Waals surface area contributed by atoms with E-state index in [4.69, 9.17) is 10.7 Å². The lowest BCUT2D eigenvalue weighted by atomic mass is 10.0. The van der Waals surface area contributed by atoms with Gasteiger partial charge in [0.2, 0.25) is 5.91 Å². The Kier molecular flexibility index (Phi) is 3.85. The van der Waals surface area contributed by atoms with Crippen LogP contribution >= 0.6 is 0 Å². The third-order valence-electron chi connectivity index (χ3n) is 5.62. The Labute approximate surface area is 161 Å². The highest BCUT2D eigenvalue weighted by Gasteiger charge is 2.29. The van der Waals surface area contributed by atoms with Crippen molar-refractivity contribution < 1.29 is 4.79 Å². The van der Waals surface area contributed by atoms with E-state index >= 15 is 0 Å². The predicted octanol–water partition coefficient (Wildman–Crippen LogP) is 2.22. The smallest absolute Gasteiger partial charge is 0.220 e. The first-order chi connectivity index (χ1) is 13.6. The third-order valence-corrected chi connectivity index (χ3v) is 5.62. The van der Waals surface area contributed by atoms with Crippen LogP contribution in [-0.2, 0) is 11.2 Å². The average molecular weight is 375 g/mol. The van der Waals surface area contributed by atoms with Gasteiger partial charge in [-0.1, -0.05) is 5.21 Å². The predicted molar refractivity (Wildman–Crippen MR) is 104 cm³/mol. The quantitative estimate of drug-likeness (QED) is 0.589. The molecule has 0 saturated heterocycles. The zero-order chi connectivity index (χ0) is 19.3. The molecule has 2 N–H and O–H groups in total. The van der Waals surface area contributed by atoms with Crippen LogP contribution in [0.4, 0.5) is 0 Å². The van der Waals surface area contributed by atoms with Gasteiger partial charge in [0.25, 0.3) is 0 Å². The number of carbonyl (C=O) groups is 1. The summed E-state index contributed by atoms with van der Waals surface area (Å²) in [6.45, 7) is 2.07. The molecule has 1 aliphatic rings. The topological polar surface area (TPSA) is 104 Å². The van der Waals surface area contributed by atoms with Gasteiger partial charge in [-0.05, 0) is 55.9 Å². The van der Waals surface area contributed by atoms with E-state index in [0.29, 0.717) is 17.1 Å². The third kappa shape index (κ3) is 2.90. The van der Waals surface area contributed by atoms with E-state index in [2.05, 4.69) is 45.0 Å². The highest BCUT2D eigenvalue weighted by Crippen LogP contribution is 2.32. The molecule has 28 heavy (non-hydrogen) atoms. The SMILES string of the molecule is Cc1cc2cc(-n3nnc4cnc(C[C@@H]5CC[C@@H](C(N)=O)C5)nc43)ccn2c1. The summed E-state index contributed by atoms with van der Waals surface area (Å²) in [6, 6.07) is 6.19. The summed E-state index contributed by atoms with van der Waals surface area (Å²) in [7, 11) is 0. The Morgan fingerprint density at radius 2 is 2.21 bits per heavy atom. The molecule has 4 heterocycles. The molecule has 0 aliphatic heterocycles. The van der Waals surface area contributed by atoms with Crippen LogP contribution in [0.2, 0.25) is 0 Å². The molecule has 4 aromatic heterocycles. The minimum atomic E-state index is -0.197. The minimum Gasteiger partial charge on any atom is -0.369 e. The molecule has 0 radical (unpaired) electrons. The number of carbonyl (C=O) groups excluding carboxylic acids is 1. The van der Waals surface area contributed by atoms with Crippen LogP contribution in [0, 0.1) is 18.8 Å². The van der Waals surface area contributed by atoms with Gasteiger partial charge in [-0.25, -0.2) is 9.97 Å². The molecule has 0 unspecified atom stereocenters. The van der Waals surface area contributed by atoms with Gasteiger partial charge in [0.05, 0.1) is 11.9 Å². The lowest BCUT2D eigenvalue weighted by molar-refractivity contribution is -0.121. The molecular formula is C20H21N7O. The summed E-state index contributed by atoms with van der Waals surface area (Å²) in [5, 5.41) is 8.49. The number of rotatable bonds is 4. The maximum Gasteiger partial charge on any atom is 0.220 e. The molecule has 8 nitrogen and oxygen atoms in total. The summed E-state index contributed by atoms with van der Waals surface area (Å²) in [6.07, 6.45) is 9.22. The second kappa shape index (κ2) is 6.40. The van der Waals surface area contributed by atoms with Crippen molar-refractivity contribution >= 4 is 22.6 Å². The van der Waals surface area contributed by atoms with Crippen molar-refractivity contribution in [2.45, 2.75) is 32.6 Å². The molecule has 5 rings (SSSR count). The molecule has 142 valence electrons. The number of primary amides is 1. The van der Waals surface area contributed by atoms with E-state index in [0.717, 1.165) is 42.7 Å². The summed E-state index contributed by atoms with van der Waals surface area (Å²) in [5.41, 5.74) is 10.0. The van der Waals surface area contributed by atoms with Crippen molar-refractivity contribution in [1.82, 2.24) is 29.4 Å². The number of aryl methyl sites for hydroxylation is 1. The lowest BCUT2D eigenvalue weighted by Crippen LogP contribution is -2.21. The van der Waals surface area contributed by atoms with Gasteiger partial charge < -0.3 is 10.1 Å². The van der Waals surface area contributed by atoms with Gasteiger partial charge in [-0.3, -0.25) is 4.79 Å². The standard InChI is InChI=1S/C20H21N7O/c1-12-6-16-9-15(4-5-26(16)11-12)27-20-17(24-25-27)10-22-18(23-20)8-13-2-3-14(7-13)19(21)28/h4-6,9-11,13-14H,2-3,7-8H2,1H3,(H2,21,28)/t13-,14-/m1/s1. The molecule has 1 aliphatic carbocycles. The number of amides is 1. The van der Waals surface area contributed by atoms with Gasteiger partial charge in [0.15, 0.2) is 11.2 Å². The highest BCUT2D eigenvalue weighted by atomic mass is 16.1. The van der Waals surface area contributed by atoms with Crippen molar-refractivity contribution in [3.8, 4) is 5.69 Å². The largest absolute Gasteiger partial charge is 0.369 e. The Hall–Kier alpha value is -3.29. The summed E-state index contributed by atoms with van der Waals surface area (Å²) >= 11 is 0. The molecule has 2 atom stereocenters. The van der Waals surface area contributed by atoms with Crippen LogP contribution in [-0.4, -0.2) is 35.3 Å². The van der Waals surface area contributed by atoms with Gasteiger partial charge in [0, 0.05) is 30.2 Å². The zero-order valence-electron chi connectivity index (χ0n) is 15.6. The molecule has 0 spiro atoms. The second-order valence-corrected chi connectivity index (χ2v) is 7.71. The maximum absolute atomic E-state index is 11.4. The first kappa shape index (κ1) is 16.9. The molecular weight excluding hydrogens is 354 g/mol. The van der Waals surface area contributed by atoms with Crippen LogP contribution in [0.3, 0.4) is 0 Å². The number of hydrogen-bond donors (Lipinski definition) is 1. The van der Waals surface area contributed by atoms with Gasteiger partial charge in [-0.2, -0.15) is 4.68 Å². The van der Waals surface area contributed by atoms with E-state index < -0.39 is 0 Å². The number of nitrogens with two attached hydrogens (primary N) is 1. The summed E-state index contributed by atoms with van der Waals surface area (Å²) in [5.74, 6) is 0.931. The van der Waals surface area contributed by atoms with Crippen molar-refractivity contribution in [2.24, 2.45) is 17.6 Å². The normalized spacial score (nSPS) is 19.6. The first-order valence-corrected chi connectivity index (χ1v) is 9.52. The van der Waals surface area contributed by atoms with Gasteiger partial charge in [0.1, 0.15) is 5.82 Å². The first-order valence-electron chi connectivity index (χ1n) is 9.52. The summed E-state index contributed by atoms with van der Waals surface area (Å²) < 4.78 is 3.83. The molecule has 0 aromatic carbocycles. The van der Waals surface area contributed by atoms with Crippen LogP contribution < -0.4 is 5.73 Å². The highest BCUT2D eigenvalue weighted by molar-refractivity contribution is 5.77. The number of fused-ring (bicyclic) bond motifs is 2. The number of aromatic nitrogens is 6. The number of hydrogen-bond acceptors (Lipinski definition) is 5. The fourth-order valence-electron chi connectivity index (χ4n) is 4.19. The fraction of sp³-hybridized carbons (Fsp3) is 0.350. The van der Waals surface area contributed by atoms with Crippen molar-refractivity contribution in [3.05, 3.63) is 48.2 Å². The number of pyridine rings is 1. The Bertz CT molecular complexity index is 1190. The minimum absolute atomic E-state index is 0.0156. The van der Waals surface area contributed by atoms with Crippen LogP contribution in [0.1, 0.15) is 30.7 Å². The summed E-state index contributed by atoms with van der Waals surface area (Å²) in [4.78, 5) is 20.6. The molecule has 1 amide bonds. The van der Waals surface area contributed by atoms with Crippen molar-refractivity contribution in [3.63, 3.8) is 0 Å². The van der Waals surface area contributed by atoms with Crippen LogP contribution in [0.15, 0.2) is 36.8 Å². The second-order valence-electron chi connectivity index (χ2n) is 7.71. The Balaban J connectivity index is 1.47. The van der Waals surface area contributed by atoms with Gasteiger partial charge >= 0.3 is 0 Å². The van der Waals surface area contributed by atoms with Crippen molar-refractivity contribution in [2.75, 3.05) is 0 Å². The number of nitrogens with zero attached hydrogens (tertiary/aromatic N) is 6. The van der Waals surface area contributed by atoms with Crippen molar-refractivity contribution in [1.29, 1.82) is 0 Å². The zero-order valence-corrected chi connectivity index (χ0v) is 15.6. The Morgan fingerprint density at radius 3 is 3.04 bits per heavy atom. The molecule has 1 fully saturated rings. The van der Waals surface area contributed by atoms with E-state index in [9.17, 15) is 4.79 Å². The molecule has 0 bridgehead atoms. The molecule has 1 saturated carbocycles. The fourth-order valence-corrected chi connectivity index (χ4v) is 4.19. The van der Waals surface area contributed by atoms with E-state index in [1.807, 2.05) is 12.3 Å². The lowest BCUT2D eigenvalue weighted by Gasteiger charge is -2.09. The van der Waals surface area contributed by atoms with E-state index in [-0.39, 0.29) is 11.8 Å². The van der Waals surface area contributed by atoms with E-state index in [1.165, 1.54) is 5.56 Å². The average Bonchev–Trinajstić information content (AvgIpc) is 3.38. The monoisotopic (exact) mass is 375 g/mol. The Morgan fingerprint density at radius 1 is 1.32 bits per heavy atom. The van der Waals surface area contributed by atoms with Crippen LogP contribution in [0.25, 0.3) is 22.4 Å². The molecule has 8 heteroatoms. The maximum atomic E-state index is 11.4. The van der Waals surface area contributed by atoms with E-state index in [1.54, 1.807) is 10.9 Å². The molecule has 4 aromatic rings. The van der Waals surface area contributed by atoms with Gasteiger partial charge in [-0.15, -0.1) is 5.10 Å².